The lowest BCUT2D eigenvalue weighted by Crippen LogP contribution is -2.36. The Morgan fingerprint density at radius 2 is 2.11 bits per heavy atom. The summed E-state index contributed by atoms with van der Waals surface area (Å²) in [6, 6.07) is 9.94. The first-order valence-corrected chi connectivity index (χ1v) is 6.50. The highest BCUT2D eigenvalue weighted by atomic mass is 16.3. The molecule has 2 rings (SSSR count). The second-order valence-electron chi connectivity index (χ2n) is 4.99. The van der Waals surface area contributed by atoms with Crippen molar-refractivity contribution in [2.75, 3.05) is 7.05 Å². The molecular formula is C15H21N3O. The van der Waals surface area contributed by atoms with Gasteiger partial charge in [-0.3, -0.25) is 9.88 Å². The lowest BCUT2D eigenvalue weighted by molar-refractivity contribution is 0.181. The van der Waals surface area contributed by atoms with Crippen molar-refractivity contribution >= 4 is 0 Å². The van der Waals surface area contributed by atoms with Gasteiger partial charge in [-0.25, -0.2) is 0 Å². The lowest BCUT2D eigenvalue weighted by atomic mass is 10.1. The van der Waals surface area contributed by atoms with Gasteiger partial charge in [0.25, 0.3) is 0 Å². The average Bonchev–Trinajstić information content (AvgIpc) is 2.76. The molecule has 2 N–H and O–H groups in total. The van der Waals surface area contributed by atoms with E-state index in [1.54, 1.807) is 6.20 Å². The predicted octanol–water partition coefficient (Wildman–Crippen LogP) is 2.50. The Labute approximate surface area is 114 Å². The molecule has 0 bridgehead atoms. The summed E-state index contributed by atoms with van der Waals surface area (Å²) in [5.74, 6) is 1.82. The topological polar surface area (TPSA) is 55.3 Å². The summed E-state index contributed by atoms with van der Waals surface area (Å²) < 4.78 is 5.72. The van der Waals surface area contributed by atoms with Gasteiger partial charge in [0.2, 0.25) is 0 Å². The van der Waals surface area contributed by atoms with Crippen molar-refractivity contribution in [2.24, 2.45) is 5.73 Å². The minimum Gasteiger partial charge on any atom is -0.465 e. The fourth-order valence-electron chi connectivity index (χ4n) is 2.34. The van der Waals surface area contributed by atoms with Gasteiger partial charge in [0.15, 0.2) is 0 Å². The van der Waals surface area contributed by atoms with Crippen molar-refractivity contribution in [3.8, 4) is 0 Å². The van der Waals surface area contributed by atoms with Gasteiger partial charge in [0.1, 0.15) is 11.5 Å². The van der Waals surface area contributed by atoms with Crippen molar-refractivity contribution in [3.05, 3.63) is 53.7 Å². The number of furan rings is 1. The second-order valence-corrected chi connectivity index (χ2v) is 4.99. The summed E-state index contributed by atoms with van der Waals surface area (Å²) in [6.07, 6.45) is 1.81. The monoisotopic (exact) mass is 259 g/mol. The van der Waals surface area contributed by atoms with Gasteiger partial charge >= 0.3 is 0 Å². The van der Waals surface area contributed by atoms with Gasteiger partial charge < -0.3 is 10.2 Å². The largest absolute Gasteiger partial charge is 0.465 e. The van der Waals surface area contributed by atoms with E-state index in [0.717, 1.165) is 23.8 Å². The maximum Gasteiger partial charge on any atom is 0.122 e. The van der Waals surface area contributed by atoms with Crippen molar-refractivity contribution in [2.45, 2.75) is 32.5 Å². The van der Waals surface area contributed by atoms with Crippen molar-refractivity contribution < 1.29 is 4.42 Å². The number of rotatable bonds is 5. The number of hydrogen-bond acceptors (Lipinski definition) is 4. The van der Waals surface area contributed by atoms with E-state index in [4.69, 9.17) is 10.2 Å². The van der Waals surface area contributed by atoms with Gasteiger partial charge in [-0.15, -0.1) is 0 Å². The second kappa shape index (κ2) is 5.99. The molecule has 19 heavy (non-hydrogen) atoms. The van der Waals surface area contributed by atoms with E-state index in [0.29, 0.717) is 0 Å². The highest BCUT2D eigenvalue weighted by molar-refractivity contribution is 5.12. The van der Waals surface area contributed by atoms with Gasteiger partial charge in [-0.05, 0) is 45.2 Å². The fraction of sp³-hybridized carbons (Fsp3) is 0.400. The highest BCUT2D eigenvalue weighted by Gasteiger charge is 2.24. The smallest absolute Gasteiger partial charge is 0.122 e. The van der Waals surface area contributed by atoms with E-state index < -0.39 is 0 Å². The minimum atomic E-state index is -0.0146. The molecular weight excluding hydrogens is 238 g/mol. The van der Waals surface area contributed by atoms with E-state index in [1.165, 1.54) is 0 Å². The van der Waals surface area contributed by atoms with Crippen LogP contribution in [0.5, 0.6) is 0 Å². The number of hydrogen-bond donors (Lipinski definition) is 1. The molecule has 2 atom stereocenters. The number of aromatic nitrogens is 1. The molecule has 2 heterocycles. The number of pyridine rings is 1. The van der Waals surface area contributed by atoms with E-state index in [9.17, 15) is 0 Å². The van der Waals surface area contributed by atoms with Crippen LogP contribution in [0.25, 0.3) is 0 Å². The van der Waals surface area contributed by atoms with Gasteiger partial charge in [0, 0.05) is 18.8 Å². The Kier molecular flexibility index (Phi) is 4.35. The molecule has 0 aliphatic heterocycles. The van der Waals surface area contributed by atoms with Crippen LogP contribution in [0, 0.1) is 6.92 Å². The maximum atomic E-state index is 6.11. The van der Waals surface area contributed by atoms with E-state index in [-0.39, 0.29) is 12.1 Å². The van der Waals surface area contributed by atoms with Crippen molar-refractivity contribution in [1.82, 2.24) is 9.88 Å². The summed E-state index contributed by atoms with van der Waals surface area (Å²) in [5.41, 5.74) is 7.14. The molecule has 0 aliphatic carbocycles. The van der Waals surface area contributed by atoms with Crippen LogP contribution in [0.1, 0.15) is 30.2 Å². The normalized spacial score (nSPS) is 14.6. The van der Waals surface area contributed by atoms with Crippen LogP contribution in [0.15, 0.2) is 40.9 Å². The first kappa shape index (κ1) is 13.8. The summed E-state index contributed by atoms with van der Waals surface area (Å²) in [7, 11) is 2.04. The zero-order valence-electron chi connectivity index (χ0n) is 11.7. The zero-order valence-corrected chi connectivity index (χ0v) is 11.7. The molecule has 0 amide bonds. The lowest BCUT2D eigenvalue weighted by Gasteiger charge is -2.29. The molecule has 2 unspecified atom stereocenters. The molecule has 2 aromatic rings. The Bertz CT molecular complexity index is 507. The van der Waals surface area contributed by atoms with E-state index >= 15 is 0 Å². The third-order valence-electron chi connectivity index (χ3n) is 3.16. The van der Waals surface area contributed by atoms with Crippen molar-refractivity contribution in [3.63, 3.8) is 0 Å². The van der Waals surface area contributed by atoms with Crippen LogP contribution in [-0.4, -0.2) is 23.0 Å². The summed E-state index contributed by atoms with van der Waals surface area (Å²) in [6.45, 7) is 4.69. The molecule has 4 nitrogen and oxygen atoms in total. The Morgan fingerprint density at radius 1 is 1.32 bits per heavy atom. The van der Waals surface area contributed by atoms with Crippen LogP contribution in [0.3, 0.4) is 0 Å². The third-order valence-corrected chi connectivity index (χ3v) is 3.16. The molecule has 0 spiro atoms. The molecule has 0 aromatic carbocycles. The van der Waals surface area contributed by atoms with Gasteiger partial charge in [-0.1, -0.05) is 6.07 Å². The number of aryl methyl sites for hydroxylation is 1. The Balaban J connectivity index is 2.15. The molecule has 2 aromatic heterocycles. The summed E-state index contributed by atoms with van der Waals surface area (Å²) in [4.78, 5) is 6.52. The number of nitrogens with two attached hydrogens (primary N) is 1. The van der Waals surface area contributed by atoms with Crippen LogP contribution in [0.4, 0.5) is 0 Å². The number of likely N-dealkylation sites (N-methyl/N-ethyl adjacent to an activating group) is 1. The Hall–Kier alpha value is -1.65. The quantitative estimate of drug-likeness (QED) is 0.896. The Morgan fingerprint density at radius 3 is 2.63 bits per heavy atom. The van der Waals surface area contributed by atoms with Crippen LogP contribution in [-0.2, 0) is 6.54 Å². The first-order valence-electron chi connectivity index (χ1n) is 6.50. The number of nitrogens with zero attached hydrogens (tertiary/aromatic N) is 2. The molecule has 0 aliphatic rings. The molecule has 4 heteroatoms. The minimum absolute atomic E-state index is 0.0146. The standard InChI is InChI=1S/C15H21N3O/c1-11-7-8-14(19-11)15(12(2)16)18(3)10-13-6-4-5-9-17-13/h4-9,12,15H,10,16H2,1-3H3. The molecule has 0 saturated heterocycles. The van der Waals surface area contributed by atoms with Crippen LogP contribution in [0.2, 0.25) is 0 Å². The predicted molar refractivity (Wildman–Crippen MR) is 75.5 cm³/mol. The maximum absolute atomic E-state index is 6.11. The van der Waals surface area contributed by atoms with Crippen molar-refractivity contribution in [1.29, 1.82) is 0 Å². The third kappa shape index (κ3) is 3.43. The average molecular weight is 259 g/mol. The van der Waals surface area contributed by atoms with Crippen LogP contribution >= 0.6 is 0 Å². The SMILES string of the molecule is Cc1ccc(C(C(C)N)N(C)Cc2ccccn2)o1. The van der Waals surface area contributed by atoms with E-state index in [2.05, 4.69) is 9.88 Å². The zero-order chi connectivity index (χ0) is 13.8. The van der Waals surface area contributed by atoms with E-state index in [1.807, 2.05) is 51.2 Å². The van der Waals surface area contributed by atoms with Crippen LogP contribution < -0.4 is 5.73 Å². The molecule has 102 valence electrons. The summed E-state index contributed by atoms with van der Waals surface area (Å²) in [5, 5.41) is 0. The van der Waals surface area contributed by atoms with Gasteiger partial charge in [-0.2, -0.15) is 0 Å². The molecule has 0 radical (unpaired) electrons. The summed E-state index contributed by atoms with van der Waals surface area (Å²) >= 11 is 0. The van der Waals surface area contributed by atoms with Gasteiger partial charge in [0.05, 0.1) is 11.7 Å². The first-order chi connectivity index (χ1) is 9.08. The molecule has 0 saturated carbocycles. The fourth-order valence-corrected chi connectivity index (χ4v) is 2.34. The molecule has 0 fully saturated rings. The highest BCUT2D eigenvalue weighted by Crippen LogP contribution is 2.25.